The molecular weight excluding hydrogens is 296 g/mol. The van der Waals surface area contributed by atoms with Crippen LogP contribution in [0.4, 0.5) is 11.4 Å². The molecule has 120 valence electrons. The number of nitrogens with one attached hydrogen (secondary N) is 1. The van der Waals surface area contributed by atoms with Gasteiger partial charge in [-0.05, 0) is 56.2 Å². The van der Waals surface area contributed by atoms with Gasteiger partial charge in [0.2, 0.25) is 0 Å². The van der Waals surface area contributed by atoms with Crippen LogP contribution in [0.25, 0.3) is 0 Å². The second-order valence-corrected chi connectivity index (χ2v) is 5.38. The molecule has 0 aliphatic heterocycles. The van der Waals surface area contributed by atoms with Crippen molar-refractivity contribution in [2.45, 2.75) is 26.9 Å². The van der Waals surface area contributed by atoms with Gasteiger partial charge in [-0.1, -0.05) is 6.07 Å². The Morgan fingerprint density at radius 2 is 1.70 bits per heavy atom. The molecule has 0 heterocycles. The number of aryl methyl sites for hydroxylation is 2. The number of nitro benzene ring substituents is 1. The van der Waals surface area contributed by atoms with Crippen LogP contribution < -0.4 is 10.1 Å². The third kappa shape index (κ3) is 4.54. The van der Waals surface area contributed by atoms with E-state index in [1.165, 1.54) is 24.3 Å². The fraction of sp³-hybridized carbons (Fsp3) is 0.235. The van der Waals surface area contributed by atoms with Crippen LogP contribution in [-0.4, -0.2) is 16.9 Å². The van der Waals surface area contributed by atoms with Crippen molar-refractivity contribution in [1.82, 2.24) is 0 Å². The van der Waals surface area contributed by atoms with Gasteiger partial charge < -0.3 is 10.1 Å². The lowest BCUT2D eigenvalue weighted by atomic mass is 10.1. The van der Waals surface area contributed by atoms with E-state index in [2.05, 4.69) is 5.32 Å². The van der Waals surface area contributed by atoms with E-state index in [0.29, 0.717) is 11.4 Å². The zero-order chi connectivity index (χ0) is 17.0. The SMILES string of the molecule is Cc1cc(C)cc(NC(=O)C(C)Oc2ccc([N+](=O)[O-])cc2)c1. The number of non-ortho nitro benzene ring substituents is 1. The summed E-state index contributed by atoms with van der Waals surface area (Å²) in [6.07, 6.45) is -0.725. The van der Waals surface area contributed by atoms with Gasteiger partial charge in [0.15, 0.2) is 6.10 Å². The number of carbonyl (C=O) groups is 1. The molecule has 1 atom stereocenters. The number of hydrogen-bond donors (Lipinski definition) is 1. The summed E-state index contributed by atoms with van der Waals surface area (Å²) in [6.45, 7) is 5.54. The van der Waals surface area contributed by atoms with Gasteiger partial charge in [0.05, 0.1) is 4.92 Å². The van der Waals surface area contributed by atoms with E-state index in [0.717, 1.165) is 11.1 Å². The van der Waals surface area contributed by atoms with Crippen LogP contribution in [0.3, 0.4) is 0 Å². The molecule has 0 aliphatic carbocycles. The minimum Gasteiger partial charge on any atom is -0.481 e. The third-order valence-corrected chi connectivity index (χ3v) is 3.22. The van der Waals surface area contributed by atoms with Crippen LogP contribution in [0, 0.1) is 24.0 Å². The fourth-order valence-electron chi connectivity index (χ4n) is 2.19. The van der Waals surface area contributed by atoms with Crippen LogP contribution >= 0.6 is 0 Å². The van der Waals surface area contributed by atoms with E-state index >= 15 is 0 Å². The topological polar surface area (TPSA) is 81.5 Å². The van der Waals surface area contributed by atoms with Crippen molar-refractivity contribution in [3.8, 4) is 5.75 Å². The zero-order valence-corrected chi connectivity index (χ0v) is 13.2. The normalized spacial score (nSPS) is 11.6. The number of ether oxygens (including phenoxy) is 1. The first-order valence-electron chi connectivity index (χ1n) is 7.15. The Hall–Kier alpha value is -2.89. The Labute approximate surface area is 134 Å². The van der Waals surface area contributed by atoms with Gasteiger partial charge in [-0.25, -0.2) is 0 Å². The highest BCUT2D eigenvalue weighted by molar-refractivity contribution is 5.94. The summed E-state index contributed by atoms with van der Waals surface area (Å²) < 4.78 is 5.51. The Morgan fingerprint density at radius 3 is 2.22 bits per heavy atom. The Morgan fingerprint density at radius 1 is 1.13 bits per heavy atom. The predicted molar refractivity (Wildman–Crippen MR) is 87.7 cm³/mol. The molecule has 1 N–H and O–H groups in total. The smallest absolute Gasteiger partial charge is 0.269 e. The van der Waals surface area contributed by atoms with Crippen LogP contribution in [0.2, 0.25) is 0 Å². The molecular formula is C17H18N2O4. The van der Waals surface area contributed by atoms with Crippen molar-refractivity contribution in [2.24, 2.45) is 0 Å². The summed E-state index contributed by atoms with van der Waals surface area (Å²) in [6, 6.07) is 11.4. The molecule has 0 saturated carbocycles. The summed E-state index contributed by atoms with van der Waals surface area (Å²) in [5, 5.41) is 13.4. The van der Waals surface area contributed by atoms with Crippen molar-refractivity contribution in [2.75, 3.05) is 5.32 Å². The van der Waals surface area contributed by atoms with E-state index in [-0.39, 0.29) is 11.6 Å². The minimum atomic E-state index is -0.725. The molecule has 6 heteroatoms. The van der Waals surface area contributed by atoms with Crippen molar-refractivity contribution in [1.29, 1.82) is 0 Å². The zero-order valence-electron chi connectivity index (χ0n) is 13.2. The largest absolute Gasteiger partial charge is 0.481 e. The number of anilines is 1. The molecule has 6 nitrogen and oxygen atoms in total. The average molecular weight is 314 g/mol. The van der Waals surface area contributed by atoms with Gasteiger partial charge in [-0.15, -0.1) is 0 Å². The minimum absolute atomic E-state index is 0.0234. The first-order chi connectivity index (χ1) is 10.8. The first kappa shape index (κ1) is 16.5. The van der Waals surface area contributed by atoms with Crippen LogP contribution in [0.5, 0.6) is 5.75 Å². The average Bonchev–Trinajstić information content (AvgIpc) is 2.46. The van der Waals surface area contributed by atoms with Crippen molar-refractivity contribution in [3.05, 3.63) is 63.7 Å². The van der Waals surface area contributed by atoms with E-state index in [1.807, 2.05) is 32.0 Å². The van der Waals surface area contributed by atoms with Gasteiger partial charge in [-0.2, -0.15) is 0 Å². The molecule has 23 heavy (non-hydrogen) atoms. The molecule has 2 aromatic carbocycles. The lowest BCUT2D eigenvalue weighted by Gasteiger charge is -2.15. The summed E-state index contributed by atoms with van der Waals surface area (Å²) in [7, 11) is 0. The second kappa shape index (κ2) is 6.91. The van der Waals surface area contributed by atoms with Crippen molar-refractivity contribution < 1.29 is 14.5 Å². The number of benzene rings is 2. The van der Waals surface area contributed by atoms with Gasteiger partial charge >= 0.3 is 0 Å². The van der Waals surface area contributed by atoms with Gasteiger partial charge in [0.25, 0.3) is 11.6 Å². The number of hydrogen-bond acceptors (Lipinski definition) is 4. The molecule has 0 aromatic heterocycles. The molecule has 0 radical (unpaired) electrons. The maximum absolute atomic E-state index is 12.2. The highest BCUT2D eigenvalue weighted by Gasteiger charge is 2.16. The van der Waals surface area contributed by atoms with Gasteiger partial charge in [0.1, 0.15) is 5.75 Å². The monoisotopic (exact) mass is 314 g/mol. The van der Waals surface area contributed by atoms with Gasteiger partial charge in [0, 0.05) is 17.8 Å². The molecule has 1 unspecified atom stereocenters. The molecule has 2 rings (SSSR count). The molecule has 0 bridgehead atoms. The summed E-state index contributed by atoms with van der Waals surface area (Å²) >= 11 is 0. The number of nitro groups is 1. The molecule has 0 aliphatic rings. The highest BCUT2D eigenvalue weighted by Crippen LogP contribution is 2.19. The standard InChI is InChI=1S/C17H18N2O4/c1-11-8-12(2)10-14(9-11)18-17(20)13(3)23-16-6-4-15(5-7-16)19(21)22/h4-10,13H,1-3H3,(H,18,20). The molecule has 0 fully saturated rings. The third-order valence-electron chi connectivity index (χ3n) is 3.22. The molecule has 0 spiro atoms. The van der Waals surface area contributed by atoms with Crippen LogP contribution in [-0.2, 0) is 4.79 Å². The second-order valence-electron chi connectivity index (χ2n) is 5.38. The number of rotatable bonds is 5. The lowest BCUT2D eigenvalue weighted by molar-refractivity contribution is -0.384. The first-order valence-corrected chi connectivity index (χ1v) is 7.15. The van der Waals surface area contributed by atoms with E-state index in [4.69, 9.17) is 4.74 Å². The van der Waals surface area contributed by atoms with Crippen LogP contribution in [0.15, 0.2) is 42.5 Å². The highest BCUT2D eigenvalue weighted by atomic mass is 16.6. The summed E-state index contributed by atoms with van der Waals surface area (Å²) in [5.41, 5.74) is 2.81. The number of nitrogens with zero attached hydrogens (tertiary/aromatic N) is 1. The Bertz CT molecular complexity index is 706. The van der Waals surface area contributed by atoms with Gasteiger partial charge in [-0.3, -0.25) is 14.9 Å². The van der Waals surface area contributed by atoms with E-state index < -0.39 is 11.0 Å². The predicted octanol–water partition coefficient (Wildman–Crippen LogP) is 3.62. The quantitative estimate of drug-likeness (QED) is 0.675. The Balaban J connectivity index is 2.00. The maximum atomic E-state index is 12.2. The number of carbonyl (C=O) groups excluding carboxylic acids is 1. The van der Waals surface area contributed by atoms with Crippen molar-refractivity contribution in [3.63, 3.8) is 0 Å². The summed E-state index contributed by atoms with van der Waals surface area (Å²) in [4.78, 5) is 22.3. The number of amides is 1. The van der Waals surface area contributed by atoms with E-state index in [9.17, 15) is 14.9 Å². The summed E-state index contributed by atoms with van der Waals surface area (Å²) in [5.74, 6) is 0.118. The molecule has 1 amide bonds. The lowest BCUT2D eigenvalue weighted by Crippen LogP contribution is -2.30. The fourth-order valence-corrected chi connectivity index (χ4v) is 2.19. The van der Waals surface area contributed by atoms with E-state index in [1.54, 1.807) is 6.92 Å². The molecule has 0 saturated heterocycles. The van der Waals surface area contributed by atoms with Crippen molar-refractivity contribution >= 4 is 17.3 Å². The molecule has 2 aromatic rings. The maximum Gasteiger partial charge on any atom is 0.269 e. The van der Waals surface area contributed by atoms with Crippen LogP contribution in [0.1, 0.15) is 18.1 Å². The Kier molecular flexibility index (Phi) is 4.95.